The van der Waals surface area contributed by atoms with Crippen molar-refractivity contribution in [2.45, 2.75) is 65.6 Å². The van der Waals surface area contributed by atoms with Crippen LogP contribution in [0.5, 0.6) is 0 Å². The van der Waals surface area contributed by atoms with Gasteiger partial charge >= 0.3 is 0 Å². The first-order valence-corrected chi connectivity index (χ1v) is 13.0. The van der Waals surface area contributed by atoms with Gasteiger partial charge in [-0.1, -0.05) is 38.1 Å². The molecule has 0 spiro atoms. The lowest BCUT2D eigenvalue weighted by atomic mass is 9.97. The summed E-state index contributed by atoms with van der Waals surface area (Å²) in [7, 11) is 0. The van der Waals surface area contributed by atoms with E-state index in [1.54, 1.807) is 15.9 Å². The summed E-state index contributed by atoms with van der Waals surface area (Å²) < 4.78 is 1.67. The number of nitrogens with zero attached hydrogens (tertiary/aromatic N) is 4. The second-order valence-corrected chi connectivity index (χ2v) is 10.2. The summed E-state index contributed by atoms with van der Waals surface area (Å²) in [6.45, 7) is 7.93. The van der Waals surface area contributed by atoms with Gasteiger partial charge < -0.3 is 4.90 Å². The maximum atomic E-state index is 13.8. The van der Waals surface area contributed by atoms with Gasteiger partial charge in [-0.05, 0) is 61.9 Å². The van der Waals surface area contributed by atoms with Crippen molar-refractivity contribution < 1.29 is 4.79 Å². The molecule has 174 valence electrons. The number of rotatable bonds is 6. The van der Waals surface area contributed by atoms with Crippen molar-refractivity contribution in [3.63, 3.8) is 0 Å². The first kappa shape index (κ1) is 22.3. The lowest BCUT2D eigenvalue weighted by Gasteiger charge is -2.29. The quantitative estimate of drug-likeness (QED) is 0.557. The SMILES string of the molecule is CCN(CC)Cc1nc2sc3c(c2c(=O)n1CC(=O)N1CCc2ccccc2C1)CCCC3. The van der Waals surface area contributed by atoms with Gasteiger partial charge in [0.1, 0.15) is 17.2 Å². The highest BCUT2D eigenvalue weighted by Crippen LogP contribution is 2.34. The Morgan fingerprint density at radius 1 is 1.09 bits per heavy atom. The van der Waals surface area contributed by atoms with Crippen LogP contribution in [0.25, 0.3) is 10.2 Å². The molecule has 1 aliphatic carbocycles. The minimum Gasteiger partial charge on any atom is -0.336 e. The van der Waals surface area contributed by atoms with E-state index in [2.05, 4.69) is 36.9 Å². The molecular weight excluding hydrogens is 432 g/mol. The van der Waals surface area contributed by atoms with Gasteiger partial charge in [0.05, 0.1) is 11.9 Å². The molecule has 2 aromatic heterocycles. The third kappa shape index (κ3) is 4.24. The highest BCUT2D eigenvalue weighted by molar-refractivity contribution is 7.18. The van der Waals surface area contributed by atoms with E-state index in [0.29, 0.717) is 25.5 Å². The topological polar surface area (TPSA) is 58.4 Å². The van der Waals surface area contributed by atoms with Crippen LogP contribution in [0, 0.1) is 0 Å². The van der Waals surface area contributed by atoms with Gasteiger partial charge in [0.25, 0.3) is 5.56 Å². The molecular formula is C26H32N4O2S. The lowest BCUT2D eigenvalue weighted by molar-refractivity contribution is -0.132. The minimum absolute atomic E-state index is 0.00218. The molecule has 0 saturated carbocycles. The zero-order chi connectivity index (χ0) is 22.9. The van der Waals surface area contributed by atoms with Gasteiger partial charge in [0.15, 0.2) is 0 Å². The van der Waals surface area contributed by atoms with Gasteiger partial charge in [-0.2, -0.15) is 0 Å². The molecule has 0 fully saturated rings. The third-order valence-electron chi connectivity index (χ3n) is 7.19. The summed E-state index contributed by atoms with van der Waals surface area (Å²) in [5.74, 6) is 0.707. The average molecular weight is 465 g/mol. The molecule has 3 heterocycles. The molecule has 6 nitrogen and oxygen atoms in total. The van der Waals surface area contributed by atoms with E-state index in [-0.39, 0.29) is 18.0 Å². The highest BCUT2D eigenvalue weighted by atomic mass is 32.1. The Bertz CT molecular complexity index is 1240. The van der Waals surface area contributed by atoms with Crippen LogP contribution in [0.3, 0.4) is 0 Å². The molecule has 1 amide bonds. The number of thiophene rings is 1. The second-order valence-electron chi connectivity index (χ2n) is 9.11. The van der Waals surface area contributed by atoms with E-state index in [4.69, 9.17) is 4.98 Å². The Balaban J connectivity index is 1.52. The Morgan fingerprint density at radius 2 is 1.85 bits per heavy atom. The minimum atomic E-state index is -0.0349. The van der Waals surface area contributed by atoms with E-state index in [1.807, 2.05) is 11.0 Å². The molecule has 0 atom stereocenters. The summed E-state index contributed by atoms with van der Waals surface area (Å²) >= 11 is 1.68. The van der Waals surface area contributed by atoms with Crippen LogP contribution in [0.1, 0.15) is 54.1 Å². The molecule has 0 radical (unpaired) electrons. The summed E-state index contributed by atoms with van der Waals surface area (Å²) in [4.78, 5) is 38.5. The fraction of sp³-hybridized carbons (Fsp3) is 0.500. The molecule has 3 aromatic rings. The standard InChI is InChI=1S/C26H32N4O2S/c1-3-28(4-2)16-22-27-25-24(20-11-7-8-12-21(20)33-25)26(32)30(22)17-23(31)29-14-13-18-9-5-6-10-19(18)15-29/h5-6,9-10H,3-4,7-8,11-17H2,1-2H3. The zero-order valence-corrected chi connectivity index (χ0v) is 20.4. The lowest BCUT2D eigenvalue weighted by Crippen LogP contribution is -2.41. The van der Waals surface area contributed by atoms with Crippen LogP contribution < -0.4 is 5.56 Å². The van der Waals surface area contributed by atoms with Crippen molar-refractivity contribution >= 4 is 27.5 Å². The Labute approximate surface area is 198 Å². The Morgan fingerprint density at radius 3 is 2.64 bits per heavy atom. The van der Waals surface area contributed by atoms with Gasteiger partial charge in [0.2, 0.25) is 5.91 Å². The van der Waals surface area contributed by atoms with Crippen molar-refractivity contribution in [1.82, 2.24) is 19.4 Å². The number of amides is 1. The number of carbonyl (C=O) groups excluding carboxylic acids is 1. The number of carbonyl (C=O) groups is 1. The van der Waals surface area contributed by atoms with Gasteiger partial charge in [-0.3, -0.25) is 19.1 Å². The van der Waals surface area contributed by atoms with Crippen molar-refractivity contribution in [1.29, 1.82) is 0 Å². The molecule has 5 rings (SSSR count). The second kappa shape index (κ2) is 9.39. The van der Waals surface area contributed by atoms with E-state index >= 15 is 0 Å². The molecule has 0 bridgehead atoms. The predicted octanol–water partition coefficient (Wildman–Crippen LogP) is 3.76. The molecule has 2 aliphatic rings. The Kier molecular flexibility index (Phi) is 6.34. The number of aryl methyl sites for hydroxylation is 2. The van der Waals surface area contributed by atoms with Crippen LogP contribution in [-0.4, -0.2) is 44.9 Å². The average Bonchev–Trinajstić information content (AvgIpc) is 3.22. The van der Waals surface area contributed by atoms with Crippen molar-refractivity contribution in [2.75, 3.05) is 19.6 Å². The maximum absolute atomic E-state index is 13.8. The Hall–Kier alpha value is -2.51. The van der Waals surface area contributed by atoms with Crippen molar-refractivity contribution in [3.05, 3.63) is 62.0 Å². The predicted molar refractivity (Wildman–Crippen MR) is 133 cm³/mol. The first-order chi connectivity index (χ1) is 16.1. The number of fused-ring (bicyclic) bond motifs is 4. The number of hydrogen-bond acceptors (Lipinski definition) is 5. The third-order valence-corrected chi connectivity index (χ3v) is 8.38. The molecule has 0 unspecified atom stereocenters. The van der Waals surface area contributed by atoms with Crippen molar-refractivity contribution in [2.24, 2.45) is 0 Å². The molecule has 0 saturated heterocycles. The number of benzene rings is 1. The molecule has 33 heavy (non-hydrogen) atoms. The van der Waals surface area contributed by atoms with Gasteiger partial charge in [0, 0.05) is 18.0 Å². The van der Waals surface area contributed by atoms with E-state index in [1.165, 1.54) is 28.0 Å². The number of hydrogen-bond donors (Lipinski definition) is 0. The smallest absolute Gasteiger partial charge is 0.263 e. The van der Waals surface area contributed by atoms with E-state index in [0.717, 1.165) is 49.0 Å². The highest BCUT2D eigenvalue weighted by Gasteiger charge is 2.26. The summed E-state index contributed by atoms with van der Waals surface area (Å²) in [5.41, 5.74) is 3.66. The van der Waals surface area contributed by atoms with Crippen molar-refractivity contribution in [3.8, 4) is 0 Å². The van der Waals surface area contributed by atoms with Gasteiger partial charge in [-0.25, -0.2) is 4.98 Å². The number of aromatic nitrogens is 2. The van der Waals surface area contributed by atoms with Crippen LogP contribution in [0.2, 0.25) is 0 Å². The fourth-order valence-corrected chi connectivity index (χ4v) is 6.43. The van der Waals surface area contributed by atoms with E-state index < -0.39 is 0 Å². The molecule has 1 aromatic carbocycles. The largest absolute Gasteiger partial charge is 0.336 e. The van der Waals surface area contributed by atoms with E-state index in [9.17, 15) is 9.59 Å². The van der Waals surface area contributed by atoms with Crippen LogP contribution >= 0.6 is 11.3 Å². The molecule has 1 aliphatic heterocycles. The first-order valence-electron chi connectivity index (χ1n) is 12.2. The van der Waals surface area contributed by atoms with Crippen LogP contribution in [0.15, 0.2) is 29.1 Å². The molecule has 0 N–H and O–H groups in total. The normalized spacial score (nSPS) is 15.7. The summed E-state index contributed by atoms with van der Waals surface area (Å²) in [5, 5.41) is 0.759. The monoisotopic (exact) mass is 464 g/mol. The zero-order valence-electron chi connectivity index (χ0n) is 19.6. The summed E-state index contributed by atoms with van der Waals surface area (Å²) in [6.07, 6.45) is 5.13. The van der Waals surface area contributed by atoms with Crippen LogP contribution in [-0.2, 0) is 43.7 Å². The molecule has 7 heteroatoms. The fourth-order valence-electron chi connectivity index (χ4n) is 5.16. The summed E-state index contributed by atoms with van der Waals surface area (Å²) in [6, 6.07) is 8.31. The van der Waals surface area contributed by atoms with Crippen LogP contribution in [0.4, 0.5) is 0 Å². The maximum Gasteiger partial charge on any atom is 0.263 e. The van der Waals surface area contributed by atoms with Gasteiger partial charge in [-0.15, -0.1) is 11.3 Å².